The van der Waals surface area contributed by atoms with Crippen LogP contribution in [0.2, 0.25) is 0 Å². The Labute approximate surface area is 98.6 Å². The third kappa shape index (κ3) is 1.63. The molecule has 1 N–H and O–H groups in total. The fraction of sp³-hybridized carbons (Fsp3) is 0.333. The first kappa shape index (κ1) is 11.4. The predicted octanol–water partition coefficient (Wildman–Crippen LogP) is 1.68. The summed E-state index contributed by atoms with van der Waals surface area (Å²) >= 11 is 0. The summed E-state index contributed by atoms with van der Waals surface area (Å²) in [5, 5.41) is 9.15. The van der Waals surface area contributed by atoms with Gasteiger partial charge in [-0.1, -0.05) is 18.2 Å². The minimum absolute atomic E-state index is 0.159. The van der Waals surface area contributed by atoms with Crippen molar-refractivity contribution in [1.29, 1.82) is 0 Å². The standard InChI is InChI=1S/C12H13NO4/c1-12(7-17-11(16)13(12)2)9-6-4-3-5-8(9)10(14)15/h3-6H,7H2,1-2H3,(H,14,15). The van der Waals surface area contributed by atoms with Gasteiger partial charge in [0.15, 0.2) is 0 Å². The van der Waals surface area contributed by atoms with Crippen LogP contribution in [0.5, 0.6) is 0 Å². The van der Waals surface area contributed by atoms with E-state index in [1.54, 1.807) is 32.2 Å². The summed E-state index contributed by atoms with van der Waals surface area (Å²) in [6, 6.07) is 6.65. The number of carbonyl (C=O) groups excluding carboxylic acids is 1. The summed E-state index contributed by atoms with van der Waals surface area (Å²) in [6.45, 7) is 1.95. The van der Waals surface area contributed by atoms with Crippen molar-refractivity contribution >= 4 is 12.1 Å². The van der Waals surface area contributed by atoms with Gasteiger partial charge in [0.1, 0.15) is 12.1 Å². The van der Waals surface area contributed by atoms with Gasteiger partial charge < -0.3 is 9.84 Å². The van der Waals surface area contributed by atoms with E-state index in [2.05, 4.69) is 0 Å². The van der Waals surface area contributed by atoms with E-state index in [4.69, 9.17) is 9.84 Å². The number of carboxylic acids is 1. The highest BCUT2D eigenvalue weighted by atomic mass is 16.6. The molecule has 0 saturated carbocycles. The zero-order chi connectivity index (χ0) is 12.6. The number of nitrogens with zero attached hydrogens (tertiary/aromatic N) is 1. The summed E-state index contributed by atoms with van der Waals surface area (Å²) in [7, 11) is 1.61. The largest absolute Gasteiger partial charge is 0.478 e. The molecule has 1 unspecified atom stereocenters. The third-order valence-corrected chi connectivity index (χ3v) is 3.23. The fourth-order valence-electron chi connectivity index (χ4n) is 2.00. The lowest BCUT2D eigenvalue weighted by Gasteiger charge is -2.30. The Morgan fingerprint density at radius 1 is 1.47 bits per heavy atom. The number of amides is 1. The zero-order valence-corrected chi connectivity index (χ0v) is 9.64. The number of cyclic esters (lactones) is 1. The molecule has 0 radical (unpaired) electrons. The Morgan fingerprint density at radius 3 is 2.65 bits per heavy atom. The Hall–Kier alpha value is -2.04. The van der Waals surface area contributed by atoms with Crippen molar-refractivity contribution in [2.75, 3.05) is 13.7 Å². The molecule has 1 aliphatic rings. The van der Waals surface area contributed by atoms with Gasteiger partial charge in [-0.15, -0.1) is 0 Å². The molecule has 5 nitrogen and oxygen atoms in total. The maximum atomic E-state index is 11.4. The van der Waals surface area contributed by atoms with Gasteiger partial charge in [-0.2, -0.15) is 0 Å². The van der Waals surface area contributed by atoms with Crippen molar-refractivity contribution in [3.05, 3.63) is 35.4 Å². The van der Waals surface area contributed by atoms with Crippen molar-refractivity contribution in [3.8, 4) is 0 Å². The Balaban J connectivity index is 2.54. The molecular formula is C12H13NO4. The van der Waals surface area contributed by atoms with Crippen LogP contribution in [0.1, 0.15) is 22.8 Å². The van der Waals surface area contributed by atoms with Crippen LogP contribution in [0.25, 0.3) is 0 Å². The first-order valence-electron chi connectivity index (χ1n) is 5.20. The maximum Gasteiger partial charge on any atom is 0.410 e. The number of carboxylic acid groups (broad SMARTS) is 1. The molecule has 1 amide bonds. The Kier molecular flexibility index (Phi) is 2.53. The van der Waals surface area contributed by atoms with Crippen LogP contribution in [0.3, 0.4) is 0 Å². The monoisotopic (exact) mass is 235 g/mol. The van der Waals surface area contributed by atoms with Gasteiger partial charge in [-0.3, -0.25) is 4.90 Å². The van der Waals surface area contributed by atoms with E-state index in [1.807, 2.05) is 0 Å². The second-order valence-corrected chi connectivity index (χ2v) is 4.24. The van der Waals surface area contributed by atoms with Gasteiger partial charge in [-0.05, 0) is 18.6 Å². The normalized spacial score (nSPS) is 23.6. The van der Waals surface area contributed by atoms with Gasteiger partial charge in [0.2, 0.25) is 0 Å². The molecule has 1 atom stereocenters. The average molecular weight is 235 g/mol. The van der Waals surface area contributed by atoms with Crippen LogP contribution in [-0.4, -0.2) is 35.7 Å². The number of ether oxygens (including phenoxy) is 1. The molecule has 1 aliphatic heterocycles. The van der Waals surface area contributed by atoms with Crippen molar-refractivity contribution in [2.24, 2.45) is 0 Å². The van der Waals surface area contributed by atoms with E-state index in [1.165, 1.54) is 11.0 Å². The Bertz CT molecular complexity index is 485. The SMILES string of the molecule is CN1C(=O)OCC1(C)c1ccccc1C(=O)O. The highest BCUT2D eigenvalue weighted by Crippen LogP contribution is 2.34. The summed E-state index contributed by atoms with van der Waals surface area (Å²) in [5.74, 6) is -1.01. The van der Waals surface area contributed by atoms with Crippen LogP contribution in [0, 0.1) is 0 Å². The van der Waals surface area contributed by atoms with E-state index >= 15 is 0 Å². The molecule has 0 aromatic heterocycles. The van der Waals surface area contributed by atoms with E-state index in [0.29, 0.717) is 5.56 Å². The fourth-order valence-corrected chi connectivity index (χ4v) is 2.00. The lowest BCUT2D eigenvalue weighted by atomic mass is 9.88. The zero-order valence-electron chi connectivity index (χ0n) is 9.64. The van der Waals surface area contributed by atoms with Crippen molar-refractivity contribution in [1.82, 2.24) is 4.90 Å². The predicted molar refractivity (Wildman–Crippen MR) is 59.9 cm³/mol. The van der Waals surface area contributed by atoms with Crippen molar-refractivity contribution in [3.63, 3.8) is 0 Å². The number of aromatic carboxylic acids is 1. The number of hydrogen-bond donors (Lipinski definition) is 1. The van der Waals surface area contributed by atoms with E-state index in [0.717, 1.165) is 0 Å². The van der Waals surface area contributed by atoms with Gasteiger partial charge in [-0.25, -0.2) is 9.59 Å². The van der Waals surface area contributed by atoms with Gasteiger partial charge in [0, 0.05) is 7.05 Å². The molecule has 17 heavy (non-hydrogen) atoms. The lowest BCUT2D eigenvalue weighted by molar-refractivity contribution is 0.0690. The van der Waals surface area contributed by atoms with E-state index < -0.39 is 17.6 Å². The maximum absolute atomic E-state index is 11.4. The molecule has 1 aromatic carbocycles. The van der Waals surface area contributed by atoms with Crippen LogP contribution >= 0.6 is 0 Å². The summed E-state index contributed by atoms with van der Waals surface area (Å²) in [4.78, 5) is 24.0. The summed E-state index contributed by atoms with van der Waals surface area (Å²) in [5.41, 5.74) is 0.0486. The second kappa shape index (κ2) is 3.76. The number of carbonyl (C=O) groups is 2. The van der Waals surface area contributed by atoms with Gasteiger partial charge in [0.05, 0.1) is 5.56 Å². The quantitative estimate of drug-likeness (QED) is 0.846. The van der Waals surface area contributed by atoms with Gasteiger partial charge in [0.25, 0.3) is 0 Å². The van der Waals surface area contributed by atoms with Gasteiger partial charge >= 0.3 is 12.1 Å². The molecule has 1 aromatic rings. The minimum atomic E-state index is -1.01. The highest BCUT2D eigenvalue weighted by Gasteiger charge is 2.44. The molecule has 1 fully saturated rings. The number of likely N-dealkylation sites (N-methyl/N-ethyl adjacent to an activating group) is 1. The molecule has 0 bridgehead atoms. The molecule has 90 valence electrons. The molecule has 5 heteroatoms. The number of rotatable bonds is 2. The second-order valence-electron chi connectivity index (χ2n) is 4.24. The molecule has 1 saturated heterocycles. The molecule has 1 heterocycles. The van der Waals surface area contributed by atoms with Crippen molar-refractivity contribution < 1.29 is 19.4 Å². The minimum Gasteiger partial charge on any atom is -0.478 e. The summed E-state index contributed by atoms with van der Waals surface area (Å²) < 4.78 is 4.96. The first-order valence-corrected chi connectivity index (χ1v) is 5.20. The molecular weight excluding hydrogens is 222 g/mol. The topological polar surface area (TPSA) is 66.8 Å². The molecule has 0 spiro atoms. The van der Waals surface area contributed by atoms with Crippen LogP contribution in [0.15, 0.2) is 24.3 Å². The lowest BCUT2D eigenvalue weighted by Crippen LogP contribution is -2.40. The number of hydrogen-bond acceptors (Lipinski definition) is 3. The Morgan fingerprint density at radius 2 is 2.12 bits per heavy atom. The summed E-state index contributed by atoms with van der Waals surface area (Å²) in [6.07, 6.45) is -0.437. The number of benzene rings is 1. The van der Waals surface area contributed by atoms with E-state index in [9.17, 15) is 9.59 Å². The van der Waals surface area contributed by atoms with Crippen LogP contribution in [-0.2, 0) is 10.3 Å². The smallest absolute Gasteiger partial charge is 0.410 e. The highest BCUT2D eigenvalue weighted by molar-refractivity contribution is 5.90. The average Bonchev–Trinajstić information content (AvgIpc) is 2.58. The van der Waals surface area contributed by atoms with Crippen LogP contribution in [0.4, 0.5) is 4.79 Å². The molecule has 2 rings (SSSR count). The van der Waals surface area contributed by atoms with Crippen LogP contribution < -0.4 is 0 Å². The third-order valence-electron chi connectivity index (χ3n) is 3.23. The molecule has 0 aliphatic carbocycles. The van der Waals surface area contributed by atoms with E-state index in [-0.39, 0.29) is 12.2 Å². The van der Waals surface area contributed by atoms with Crippen molar-refractivity contribution in [2.45, 2.75) is 12.5 Å². The first-order chi connectivity index (χ1) is 7.97.